The predicted octanol–water partition coefficient (Wildman–Crippen LogP) is 4.76. The molecule has 8 rings (SSSR count). The Bertz CT molecular complexity index is 1830. The minimum atomic E-state index is 0. The Balaban J connectivity index is 0.000000176. The standard InChI is InChI=1S/2C19H13.2ClH.Hf/c2*1-2-6-15-11-18(10-9-14(15)5-1)19-12-16-7-3-4-8-17(16)13-19;;;/h2*1-13H;2*1H;/q2*-1;;;+4/p-2. The van der Waals surface area contributed by atoms with Crippen molar-refractivity contribution in [3.8, 4) is 22.3 Å². The molecule has 0 N–H and O–H groups in total. The molecular weight excluding hydrogens is 706 g/mol. The van der Waals surface area contributed by atoms with Crippen molar-refractivity contribution in [1.82, 2.24) is 0 Å². The summed E-state index contributed by atoms with van der Waals surface area (Å²) in [7, 11) is 0. The second kappa shape index (κ2) is 13.4. The number of rotatable bonds is 2. The fraction of sp³-hybridized carbons (Fsp3) is 0. The molecule has 0 aliphatic heterocycles. The van der Waals surface area contributed by atoms with E-state index in [-0.39, 0.29) is 50.7 Å². The molecular formula is C38H26Cl2Hf. The van der Waals surface area contributed by atoms with Crippen LogP contribution in [0.25, 0.3) is 65.3 Å². The molecule has 0 spiro atoms. The van der Waals surface area contributed by atoms with E-state index in [2.05, 4.69) is 158 Å². The second-order valence-corrected chi connectivity index (χ2v) is 9.87. The molecule has 3 heteroatoms. The number of benzene rings is 6. The molecule has 0 unspecified atom stereocenters. The van der Waals surface area contributed by atoms with Gasteiger partial charge in [0.15, 0.2) is 0 Å². The van der Waals surface area contributed by atoms with Gasteiger partial charge in [0.1, 0.15) is 0 Å². The Morgan fingerprint density at radius 2 is 0.659 bits per heavy atom. The Hall–Kier alpha value is -3.49. The van der Waals surface area contributed by atoms with Crippen LogP contribution >= 0.6 is 0 Å². The van der Waals surface area contributed by atoms with Gasteiger partial charge in [-0.2, -0.15) is 0 Å². The predicted molar refractivity (Wildman–Crippen MR) is 165 cm³/mol. The van der Waals surface area contributed by atoms with E-state index in [9.17, 15) is 0 Å². The van der Waals surface area contributed by atoms with Crippen LogP contribution in [0.3, 0.4) is 0 Å². The van der Waals surface area contributed by atoms with Gasteiger partial charge in [0.2, 0.25) is 0 Å². The van der Waals surface area contributed by atoms with Crippen molar-refractivity contribution < 1.29 is 50.7 Å². The molecule has 0 aliphatic rings. The number of halogens is 2. The monoisotopic (exact) mass is 732 g/mol. The van der Waals surface area contributed by atoms with Crippen molar-refractivity contribution in [3.05, 3.63) is 158 Å². The van der Waals surface area contributed by atoms with Gasteiger partial charge in [-0.05, 0) is 21.5 Å². The van der Waals surface area contributed by atoms with E-state index < -0.39 is 0 Å². The first-order valence-corrected chi connectivity index (χ1v) is 13.1. The molecule has 0 nitrogen and oxygen atoms in total. The Kier molecular flexibility index (Phi) is 9.99. The van der Waals surface area contributed by atoms with Gasteiger partial charge < -0.3 is 24.8 Å². The Labute approximate surface area is 272 Å². The summed E-state index contributed by atoms with van der Waals surface area (Å²) in [6.45, 7) is 0. The molecule has 0 radical (unpaired) electrons. The molecule has 0 atom stereocenters. The fourth-order valence-electron chi connectivity index (χ4n) is 5.37. The molecule has 0 fully saturated rings. The quantitative estimate of drug-likeness (QED) is 0.178. The fourth-order valence-corrected chi connectivity index (χ4v) is 5.37. The van der Waals surface area contributed by atoms with Crippen LogP contribution in [0.1, 0.15) is 0 Å². The van der Waals surface area contributed by atoms with Crippen LogP contribution < -0.4 is 24.8 Å². The summed E-state index contributed by atoms with van der Waals surface area (Å²) in [5.41, 5.74) is 5.17. The second-order valence-electron chi connectivity index (χ2n) is 9.87. The molecule has 41 heavy (non-hydrogen) atoms. The summed E-state index contributed by atoms with van der Waals surface area (Å²) in [6.07, 6.45) is 0. The van der Waals surface area contributed by atoms with Crippen LogP contribution in [0, 0.1) is 0 Å². The minimum Gasteiger partial charge on any atom is -1.00 e. The first-order chi connectivity index (χ1) is 18.8. The van der Waals surface area contributed by atoms with Gasteiger partial charge >= 0.3 is 25.8 Å². The zero-order chi connectivity index (χ0) is 25.3. The Morgan fingerprint density at radius 1 is 0.317 bits per heavy atom. The third-order valence-electron chi connectivity index (χ3n) is 7.40. The maximum absolute atomic E-state index is 2.27. The van der Waals surface area contributed by atoms with Crippen molar-refractivity contribution in [2.24, 2.45) is 0 Å². The van der Waals surface area contributed by atoms with Crippen molar-refractivity contribution in [2.45, 2.75) is 0 Å². The largest absolute Gasteiger partial charge is 4.00 e. The van der Waals surface area contributed by atoms with E-state index in [4.69, 9.17) is 0 Å². The summed E-state index contributed by atoms with van der Waals surface area (Å²) < 4.78 is 0. The molecule has 196 valence electrons. The third-order valence-corrected chi connectivity index (χ3v) is 7.40. The van der Waals surface area contributed by atoms with Crippen molar-refractivity contribution >= 4 is 43.1 Å². The van der Waals surface area contributed by atoms with Crippen LogP contribution in [0.2, 0.25) is 0 Å². The van der Waals surface area contributed by atoms with Crippen LogP contribution in [0.15, 0.2) is 158 Å². The average Bonchev–Trinajstić information content (AvgIpc) is 3.62. The van der Waals surface area contributed by atoms with Gasteiger partial charge in [-0.25, -0.2) is 0 Å². The summed E-state index contributed by atoms with van der Waals surface area (Å²) in [5.74, 6) is 0. The smallest absolute Gasteiger partial charge is 1.00 e. The molecule has 0 bridgehead atoms. The van der Waals surface area contributed by atoms with Gasteiger partial charge in [0, 0.05) is 0 Å². The van der Waals surface area contributed by atoms with Crippen molar-refractivity contribution in [3.63, 3.8) is 0 Å². The maximum atomic E-state index is 2.27. The maximum Gasteiger partial charge on any atom is 4.00 e. The van der Waals surface area contributed by atoms with Crippen LogP contribution in [-0.4, -0.2) is 0 Å². The molecule has 0 saturated heterocycles. The zero-order valence-corrected chi connectivity index (χ0v) is 27.4. The molecule has 0 saturated carbocycles. The third kappa shape index (κ3) is 6.39. The molecule has 8 aromatic carbocycles. The van der Waals surface area contributed by atoms with Gasteiger partial charge in [0.25, 0.3) is 0 Å². The normalized spacial score (nSPS) is 10.3. The molecule has 8 aromatic rings. The van der Waals surface area contributed by atoms with Crippen molar-refractivity contribution in [2.75, 3.05) is 0 Å². The van der Waals surface area contributed by atoms with Gasteiger partial charge in [0.05, 0.1) is 0 Å². The first kappa shape index (κ1) is 30.5. The van der Waals surface area contributed by atoms with Crippen LogP contribution in [-0.2, 0) is 25.8 Å². The first-order valence-electron chi connectivity index (χ1n) is 13.1. The number of hydrogen-bond acceptors (Lipinski definition) is 0. The Morgan fingerprint density at radius 3 is 1.05 bits per heavy atom. The van der Waals surface area contributed by atoms with Gasteiger partial charge in [-0.15, -0.1) is 69.1 Å². The van der Waals surface area contributed by atoms with Gasteiger partial charge in [-0.3, -0.25) is 0 Å². The molecule has 0 heterocycles. The van der Waals surface area contributed by atoms with E-state index >= 15 is 0 Å². The summed E-state index contributed by atoms with van der Waals surface area (Å²) >= 11 is 0. The minimum absolute atomic E-state index is 0. The van der Waals surface area contributed by atoms with Crippen molar-refractivity contribution in [1.29, 1.82) is 0 Å². The number of fused-ring (bicyclic) bond motifs is 4. The topological polar surface area (TPSA) is 0 Å². The summed E-state index contributed by atoms with van der Waals surface area (Å²) in [4.78, 5) is 0. The SMILES string of the molecule is [Cl-].[Cl-].[Hf+4].c1ccc2cc(-c3cc4ccccc4[cH-]3)ccc2c1.c1ccc2cc(-c3cc4ccccc4[cH-]3)ccc2c1. The van der Waals surface area contributed by atoms with E-state index in [0.717, 1.165) is 0 Å². The van der Waals surface area contributed by atoms with E-state index in [1.54, 1.807) is 0 Å². The van der Waals surface area contributed by atoms with E-state index in [0.29, 0.717) is 0 Å². The molecule has 0 aromatic heterocycles. The zero-order valence-electron chi connectivity index (χ0n) is 22.3. The molecule has 0 aliphatic carbocycles. The summed E-state index contributed by atoms with van der Waals surface area (Å²) in [5, 5.41) is 10.4. The molecule has 0 amide bonds. The van der Waals surface area contributed by atoms with E-state index in [1.165, 1.54) is 65.3 Å². The van der Waals surface area contributed by atoms with Crippen LogP contribution in [0.4, 0.5) is 0 Å². The van der Waals surface area contributed by atoms with Crippen LogP contribution in [0.5, 0.6) is 0 Å². The van der Waals surface area contributed by atoms with E-state index in [1.807, 2.05) is 0 Å². The number of hydrogen-bond donors (Lipinski definition) is 0. The van der Waals surface area contributed by atoms with Gasteiger partial charge in [-0.1, -0.05) is 132 Å². The average molecular weight is 732 g/mol. The summed E-state index contributed by atoms with van der Waals surface area (Å²) in [6, 6.07) is 56.4.